The van der Waals surface area contributed by atoms with Crippen LogP contribution >= 0.6 is 24.0 Å². The maximum atomic E-state index is 12.3. The van der Waals surface area contributed by atoms with Crippen LogP contribution in [0.4, 0.5) is 0 Å². The lowest BCUT2D eigenvalue weighted by atomic mass is 9.87. The minimum absolute atomic E-state index is 0. The summed E-state index contributed by atoms with van der Waals surface area (Å²) in [4.78, 5) is 12.3. The molecule has 1 atom stereocenters. The Labute approximate surface area is 132 Å². The van der Waals surface area contributed by atoms with E-state index in [1.807, 2.05) is 38.1 Å². The Kier molecular flexibility index (Phi) is 9.64. The lowest BCUT2D eigenvalue weighted by Crippen LogP contribution is -2.32. The molecule has 0 bridgehead atoms. The molecule has 0 aliphatic rings. The van der Waals surface area contributed by atoms with E-state index in [1.54, 1.807) is 0 Å². The maximum absolute atomic E-state index is 12.3. The van der Waals surface area contributed by atoms with E-state index in [9.17, 15) is 4.79 Å². The van der Waals surface area contributed by atoms with Crippen LogP contribution in [0.25, 0.3) is 0 Å². The van der Waals surface area contributed by atoms with Crippen molar-refractivity contribution < 1.29 is 4.79 Å². The van der Waals surface area contributed by atoms with Crippen LogP contribution in [-0.2, 0) is 4.79 Å². The highest BCUT2D eigenvalue weighted by atomic mass is 35.5. The Hall–Kier alpha value is -0.770. The van der Waals surface area contributed by atoms with Gasteiger partial charge in [-0.2, -0.15) is 0 Å². The number of halogens is 2. The summed E-state index contributed by atoms with van der Waals surface area (Å²) in [7, 11) is 0. The molecule has 1 unspecified atom stereocenters. The Bertz CT molecular complexity index is 411. The Balaban J connectivity index is 0.00000361. The van der Waals surface area contributed by atoms with Crippen LogP contribution in [-0.4, -0.2) is 19.0 Å². The minimum Gasteiger partial charge on any atom is -0.356 e. The first-order valence-electron chi connectivity index (χ1n) is 6.79. The van der Waals surface area contributed by atoms with Gasteiger partial charge in [0.1, 0.15) is 0 Å². The Morgan fingerprint density at radius 3 is 2.60 bits per heavy atom. The monoisotopic (exact) mass is 318 g/mol. The molecule has 0 saturated carbocycles. The predicted octanol–water partition coefficient (Wildman–Crippen LogP) is 3.36. The van der Waals surface area contributed by atoms with Gasteiger partial charge in [0, 0.05) is 11.6 Å². The van der Waals surface area contributed by atoms with Crippen LogP contribution in [0, 0.1) is 5.92 Å². The van der Waals surface area contributed by atoms with Gasteiger partial charge in [-0.15, -0.1) is 12.4 Å². The van der Waals surface area contributed by atoms with Crippen molar-refractivity contribution in [2.45, 2.75) is 32.6 Å². The van der Waals surface area contributed by atoms with E-state index in [2.05, 4.69) is 5.32 Å². The number of carbonyl (C=O) groups is 1. The molecule has 0 aromatic heterocycles. The summed E-state index contributed by atoms with van der Waals surface area (Å²) < 4.78 is 0. The Morgan fingerprint density at radius 1 is 1.35 bits per heavy atom. The molecule has 1 aromatic carbocycles. The fourth-order valence-electron chi connectivity index (χ4n) is 2.13. The fourth-order valence-corrected chi connectivity index (χ4v) is 2.33. The van der Waals surface area contributed by atoms with Crippen LogP contribution in [0.1, 0.15) is 38.2 Å². The SMILES string of the molecule is CC(C)C(C(=O)NCCCCN)c1cccc(Cl)c1.Cl. The number of rotatable bonds is 7. The largest absolute Gasteiger partial charge is 0.356 e. The molecular weight excluding hydrogens is 295 g/mol. The number of benzene rings is 1. The van der Waals surface area contributed by atoms with Crippen molar-refractivity contribution in [3.8, 4) is 0 Å². The molecule has 114 valence electrons. The van der Waals surface area contributed by atoms with Gasteiger partial charge in [-0.3, -0.25) is 4.79 Å². The van der Waals surface area contributed by atoms with E-state index >= 15 is 0 Å². The van der Waals surface area contributed by atoms with Crippen molar-refractivity contribution in [3.05, 3.63) is 34.9 Å². The summed E-state index contributed by atoms with van der Waals surface area (Å²) in [5, 5.41) is 3.65. The average molecular weight is 319 g/mol. The number of amides is 1. The van der Waals surface area contributed by atoms with Gasteiger partial charge in [0.2, 0.25) is 5.91 Å². The van der Waals surface area contributed by atoms with Crippen molar-refractivity contribution in [2.75, 3.05) is 13.1 Å². The van der Waals surface area contributed by atoms with E-state index in [0.717, 1.165) is 18.4 Å². The van der Waals surface area contributed by atoms with Crippen molar-refractivity contribution in [3.63, 3.8) is 0 Å². The summed E-state index contributed by atoms with van der Waals surface area (Å²) in [6.45, 7) is 5.44. The van der Waals surface area contributed by atoms with Gasteiger partial charge in [-0.25, -0.2) is 0 Å². The molecule has 0 aliphatic carbocycles. The highest BCUT2D eigenvalue weighted by Crippen LogP contribution is 2.26. The molecule has 20 heavy (non-hydrogen) atoms. The number of nitrogens with two attached hydrogens (primary N) is 1. The predicted molar refractivity (Wildman–Crippen MR) is 87.6 cm³/mol. The molecule has 1 aromatic rings. The molecule has 0 radical (unpaired) electrons. The summed E-state index contributed by atoms with van der Waals surface area (Å²) in [6, 6.07) is 7.53. The number of unbranched alkanes of at least 4 members (excludes halogenated alkanes) is 1. The lowest BCUT2D eigenvalue weighted by Gasteiger charge is -2.21. The normalized spacial score (nSPS) is 11.8. The molecule has 0 aliphatic heterocycles. The number of hydrogen-bond acceptors (Lipinski definition) is 2. The summed E-state index contributed by atoms with van der Waals surface area (Å²) in [5.41, 5.74) is 6.40. The fraction of sp³-hybridized carbons (Fsp3) is 0.533. The lowest BCUT2D eigenvalue weighted by molar-refractivity contribution is -0.123. The van der Waals surface area contributed by atoms with E-state index in [1.165, 1.54) is 0 Å². The molecule has 3 nitrogen and oxygen atoms in total. The summed E-state index contributed by atoms with van der Waals surface area (Å²) >= 11 is 6.00. The second-order valence-electron chi connectivity index (χ2n) is 5.06. The third-order valence-corrected chi connectivity index (χ3v) is 3.32. The second kappa shape index (κ2) is 10.0. The number of nitrogens with one attached hydrogen (secondary N) is 1. The van der Waals surface area contributed by atoms with Crippen molar-refractivity contribution in [2.24, 2.45) is 11.7 Å². The van der Waals surface area contributed by atoms with Crippen LogP contribution in [0.15, 0.2) is 24.3 Å². The first-order valence-corrected chi connectivity index (χ1v) is 7.17. The van der Waals surface area contributed by atoms with Gasteiger partial charge in [0.25, 0.3) is 0 Å². The van der Waals surface area contributed by atoms with Gasteiger partial charge in [-0.05, 0) is 43.0 Å². The van der Waals surface area contributed by atoms with E-state index < -0.39 is 0 Å². The van der Waals surface area contributed by atoms with Gasteiger partial charge in [0.15, 0.2) is 0 Å². The quantitative estimate of drug-likeness (QED) is 0.757. The first-order chi connectivity index (χ1) is 9.06. The standard InChI is InChI=1S/C15H23ClN2O.ClH/c1-11(2)14(12-6-5-7-13(16)10-12)15(19)18-9-4-3-8-17;/h5-7,10-11,14H,3-4,8-9,17H2,1-2H3,(H,18,19);1H. The zero-order valence-corrected chi connectivity index (χ0v) is 13.6. The van der Waals surface area contributed by atoms with Gasteiger partial charge in [0.05, 0.1) is 5.92 Å². The number of carbonyl (C=O) groups excluding carboxylic acids is 1. The zero-order chi connectivity index (χ0) is 14.3. The highest BCUT2D eigenvalue weighted by molar-refractivity contribution is 6.30. The third-order valence-electron chi connectivity index (χ3n) is 3.09. The minimum atomic E-state index is -0.156. The van der Waals surface area contributed by atoms with Crippen LogP contribution in [0.2, 0.25) is 5.02 Å². The van der Waals surface area contributed by atoms with Crippen LogP contribution < -0.4 is 11.1 Å². The van der Waals surface area contributed by atoms with Gasteiger partial charge < -0.3 is 11.1 Å². The van der Waals surface area contributed by atoms with Gasteiger partial charge in [-0.1, -0.05) is 37.6 Å². The second-order valence-corrected chi connectivity index (χ2v) is 5.50. The summed E-state index contributed by atoms with van der Waals surface area (Å²) in [6.07, 6.45) is 1.85. The molecule has 1 amide bonds. The molecule has 0 heterocycles. The molecule has 0 saturated heterocycles. The van der Waals surface area contributed by atoms with Crippen molar-refractivity contribution in [1.29, 1.82) is 0 Å². The molecular formula is C15H24Cl2N2O. The van der Waals surface area contributed by atoms with Crippen molar-refractivity contribution >= 4 is 29.9 Å². The molecule has 5 heteroatoms. The third kappa shape index (κ3) is 6.12. The van der Waals surface area contributed by atoms with Crippen LogP contribution in [0.3, 0.4) is 0 Å². The average Bonchev–Trinajstić information content (AvgIpc) is 2.34. The topological polar surface area (TPSA) is 55.1 Å². The van der Waals surface area contributed by atoms with E-state index in [0.29, 0.717) is 18.1 Å². The molecule has 1 rings (SSSR count). The Morgan fingerprint density at radius 2 is 2.05 bits per heavy atom. The maximum Gasteiger partial charge on any atom is 0.227 e. The number of hydrogen-bond donors (Lipinski definition) is 2. The molecule has 3 N–H and O–H groups in total. The van der Waals surface area contributed by atoms with E-state index in [4.69, 9.17) is 17.3 Å². The molecule has 0 spiro atoms. The van der Waals surface area contributed by atoms with Gasteiger partial charge >= 0.3 is 0 Å². The summed E-state index contributed by atoms with van der Waals surface area (Å²) in [5.74, 6) is 0.138. The molecule has 0 fully saturated rings. The van der Waals surface area contributed by atoms with Crippen molar-refractivity contribution in [1.82, 2.24) is 5.32 Å². The first kappa shape index (κ1) is 19.2. The highest BCUT2D eigenvalue weighted by Gasteiger charge is 2.23. The smallest absolute Gasteiger partial charge is 0.227 e. The van der Waals surface area contributed by atoms with Crippen LogP contribution in [0.5, 0.6) is 0 Å². The van der Waals surface area contributed by atoms with E-state index in [-0.39, 0.29) is 30.2 Å². The zero-order valence-electron chi connectivity index (χ0n) is 12.1.